The summed E-state index contributed by atoms with van der Waals surface area (Å²) in [5.74, 6) is 0. The monoisotopic (exact) mass is 157 g/mol. The van der Waals surface area contributed by atoms with Crippen LogP contribution in [0.4, 0.5) is 0 Å². The maximum absolute atomic E-state index is 5.56. The highest BCUT2D eigenvalue weighted by molar-refractivity contribution is 7.84. The van der Waals surface area contributed by atoms with Crippen molar-refractivity contribution in [3.8, 4) is 0 Å². The first-order valence-electron chi connectivity index (χ1n) is 3.94. The molecule has 1 rings (SSSR count). The van der Waals surface area contributed by atoms with Crippen molar-refractivity contribution < 1.29 is 0 Å². The topological polar surface area (TPSA) is 26.0 Å². The quantitative estimate of drug-likeness (QED) is 0.560. The molecule has 0 aromatic rings. The Bertz CT molecular complexity index is 140. The largest absolute Gasteiger partial charge is 0.327 e. The fourth-order valence-corrected chi connectivity index (χ4v) is 1.71. The van der Waals surface area contributed by atoms with Crippen LogP contribution < -0.4 is 5.73 Å². The first kappa shape index (κ1) is 8.15. The highest BCUT2D eigenvalue weighted by atomic mass is 32.1. The molecular formula is C8H15NS. The van der Waals surface area contributed by atoms with Crippen LogP contribution in [0.5, 0.6) is 0 Å². The van der Waals surface area contributed by atoms with Gasteiger partial charge in [-0.2, -0.15) is 0 Å². The van der Waals surface area contributed by atoms with Gasteiger partial charge in [0.25, 0.3) is 0 Å². The lowest BCUT2D eigenvalue weighted by Gasteiger charge is -2.03. The van der Waals surface area contributed by atoms with Crippen molar-refractivity contribution in [2.45, 2.75) is 32.1 Å². The molecule has 10 heavy (non-hydrogen) atoms. The van der Waals surface area contributed by atoms with Crippen LogP contribution in [0.25, 0.3) is 0 Å². The molecule has 1 aliphatic carbocycles. The van der Waals surface area contributed by atoms with E-state index >= 15 is 0 Å². The van der Waals surface area contributed by atoms with Crippen molar-refractivity contribution in [1.29, 1.82) is 0 Å². The Hall–Kier alpha value is 0.0500. The summed E-state index contributed by atoms with van der Waals surface area (Å²) in [5, 5.41) is 0. The summed E-state index contributed by atoms with van der Waals surface area (Å²) in [4.78, 5) is 1.25. The molecule has 0 fully saturated rings. The summed E-state index contributed by atoms with van der Waals surface area (Å²) in [7, 11) is 0. The maximum atomic E-state index is 5.56. The first-order valence-corrected chi connectivity index (χ1v) is 4.39. The van der Waals surface area contributed by atoms with Crippen LogP contribution in [0, 0.1) is 0 Å². The van der Waals surface area contributed by atoms with E-state index in [2.05, 4.69) is 12.6 Å². The van der Waals surface area contributed by atoms with Crippen molar-refractivity contribution >= 4 is 12.6 Å². The second kappa shape index (κ2) is 4.04. The molecule has 58 valence electrons. The van der Waals surface area contributed by atoms with E-state index in [0.29, 0.717) is 6.54 Å². The molecule has 0 amide bonds. The van der Waals surface area contributed by atoms with Crippen molar-refractivity contribution in [3.05, 3.63) is 10.5 Å². The van der Waals surface area contributed by atoms with Crippen LogP contribution >= 0.6 is 12.6 Å². The Labute approximate surface area is 68.1 Å². The smallest absolute Gasteiger partial charge is 0.0147 e. The predicted molar refractivity (Wildman–Crippen MR) is 48.2 cm³/mol. The molecule has 0 radical (unpaired) electrons. The molecule has 0 atom stereocenters. The van der Waals surface area contributed by atoms with E-state index in [4.69, 9.17) is 5.73 Å². The van der Waals surface area contributed by atoms with Gasteiger partial charge in [-0.3, -0.25) is 0 Å². The van der Waals surface area contributed by atoms with E-state index in [0.717, 1.165) is 6.42 Å². The molecule has 0 saturated carbocycles. The number of thiol groups is 1. The van der Waals surface area contributed by atoms with Crippen LogP contribution in [0.2, 0.25) is 0 Å². The van der Waals surface area contributed by atoms with E-state index in [9.17, 15) is 0 Å². The summed E-state index contributed by atoms with van der Waals surface area (Å²) >= 11 is 4.40. The van der Waals surface area contributed by atoms with Gasteiger partial charge >= 0.3 is 0 Å². The van der Waals surface area contributed by atoms with Gasteiger partial charge in [0.05, 0.1) is 0 Å². The predicted octanol–water partition coefficient (Wildman–Crippen LogP) is 2.09. The van der Waals surface area contributed by atoms with Gasteiger partial charge in [0.2, 0.25) is 0 Å². The highest BCUT2D eigenvalue weighted by Gasteiger charge is 2.05. The van der Waals surface area contributed by atoms with Gasteiger partial charge in [-0.1, -0.05) is 6.42 Å². The molecule has 0 heterocycles. The van der Waals surface area contributed by atoms with Gasteiger partial charge in [-0.15, -0.1) is 12.6 Å². The Morgan fingerprint density at radius 2 is 1.90 bits per heavy atom. The Morgan fingerprint density at radius 3 is 2.60 bits per heavy atom. The van der Waals surface area contributed by atoms with Crippen LogP contribution in [-0.2, 0) is 0 Å². The van der Waals surface area contributed by atoms with Gasteiger partial charge in [-0.25, -0.2) is 0 Å². The van der Waals surface area contributed by atoms with E-state index < -0.39 is 0 Å². The Balaban J connectivity index is 2.58. The number of allylic oxidation sites excluding steroid dienone is 1. The molecule has 0 aliphatic heterocycles. The normalized spacial score (nSPS) is 21.0. The van der Waals surface area contributed by atoms with Crippen LogP contribution in [0.1, 0.15) is 32.1 Å². The average Bonchev–Trinajstić information content (AvgIpc) is 2.13. The number of hydrogen-bond acceptors (Lipinski definition) is 2. The number of nitrogens with two attached hydrogens (primary N) is 1. The lowest BCUT2D eigenvalue weighted by atomic mass is 10.1. The number of rotatable bonds is 1. The highest BCUT2D eigenvalue weighted by Crippen LogP contribution is 2.24. The van der Waals surface area contributed by atoms with Crippen LogP contribution in [0.15, 0.2) is 10.5 Å². The second-order valence-electron chi connectivity index (χ2n) is 2.82. The maximum Gasteiger partial charge on any atom is 0.0147 e. The summed E-state index contributed by atoms with van der Waals surface area (Å²) in [6.07, 6.45) is 6.26. The lowest BCUT2D eigenvalue weighted by molar-refractivity contribution is 0.707. The van der Waals surface area contributed by atoms with E-state index in [1.165, 1.54) is 36.2 Å². The lowest BCUT2D eigenvalue weighted by Crippen LogP contribution is -2.03. The summed E-state index contributed by atoms with van der Waals surface area (Å²) in [5.41, 5.74) is 6.93. The minimum Gasteiger partial charge on any atom is -0.327 e. The van der Waals surface area contributed by atoms with E-state index in [-0.39, 0.29) is 0 Å². The molecule has 0 aromatic carbocycles. The molecule has 2 heteroatoms. The molecular weight excluding hydrogens is 142 g/mol. The summed E-state index contributed by atoms with van der Waals surface area (Å²) in [6.45, 7) is 0.707. The molecule has 1 aliphatic rings. The van der Waals surface area contributed by atoms with Crippen molar-refractivity contribution in [1.82, 2.24) is 0 Å². The third kappa shape index (κ3) is 2.03. The van der Waals surface area contributed by atoms with Gasteiger partial charge in [0.15, 0.2) is 0 Å². The van der Waals surface area contributed by atoms with Crippen molar-refractivity contribution in [2.75, 3.05) is 6.54 Å². The Kier molecular flexibility index (Phi) is 3.29. The second-order valence-corrected chi connectivity index (χ2v) is 3.35. The molecule has 1 nitrogen and oxygen atoms in total. The summed E-state index contributed by atoms with van der Waals surface area (Å²) < 4.78 is 0. The van der Waals surface area contributed by atoms with E-state index in [1.807, 2.05) is 0 Å². The first-order chi connectivity index (χ1) is 4.84. The third-order valence-corrected chi connectivity index (χ3v) is 2.59. The molecule has 0 aromatic heterocycles. The molecule has 0 bridgehead atoms. The van der Waals surface area contributed by atoms with Gasteiger partial charge in [0.1, 0.15) is 0 Å². The van der Waals surface area contributed by atoms with Gasteiger partial charge < -0.3 is 5.73 Å². The van der Waals surface area contributed by atoms with E-state index in [1.54, 1.807) is 0 Å². The average molecular weight is 157 g/mol. The van der Waals surface area contributed by atoms with Crippen molar-refractivity contribution in [2.24, 2.45) is 5.73 Å². The van der Waals surface area contributed by atoms with Crippen LogP contribution in [-0.4, -0.2) is 6.54 Å². The molecule has 0 unspecified atom stereocenters. The zero-order valence-electron chi connectivity index (χ0n) is 6.27. The zero-order valence-corrected chi connectivity index (χ0v) is 7.16. The molecule has 0 spiro atoms. The number of hydrogen-bond donors (Lipinski definition) is 2. The standard InChI is InChI=1S/C8H15NS/c9-6-7-4-2-1-3-5-8(7)10/h10H,1-6,9H2. The molecule has 0 saturated heterocycles. The zero-order chi connectivity index (χ0) is 7.40. The fraction of sp³-hybridized carbons (Fsp3) is 0.750. The van der Waals surface area contributed by atoms with Gasteiger partial charge in [0, 0.05) is 6.54 Å². The minimum atomic E-state index is 0.707. The minimum absolute atomic E-state index is 0.707. The Morgan fingerprint density at radius 1 is 1.20 bits per heavy atom. The molecule has 2 N–H and O–H groups in total. The van der Waals surface area contributed by atoms with Crippen molar-refractivity contribution in [3.63, 3.8) is 0 Å². The fourth-order valence-electron chi connectivity index (χ4n) is 1.35. The summed E-state index contributed by atoms with van der Waals surface area (Å²) in [6, 6.07) is 0. The SMILES string of the molecule is NCC1=C(S)CCCCC1. The van der Waals surface area contributed by atoms with Crippen LogP contribution in [0.3, 0.4) is 0 Å². The third-order valence-electron chi connectivity index (χ3n) is 2.05. The van der Waals surface area contributed by atoms with Gasteiger partial charge in [-0.05, 0) is 36.2 Å².